The third-order valence-electron chi connectivity index (χ3n) is 3.01. The molecule has 0 fully saturated rings. The summed E-state index contributed by atoms with van der Waals surface area (Å²) in [4.78, 5) is 16.0. The number of benzene rings is 1. The molecule has 22 heavy (non-hydrogen) atoms. The van der Waals surface area contributed by atoms with Gasteiger partial charge in [0.05, 0.1) is 11.4 Å². The highest BCUT2D eigenvalue weighted by Crippen LogP contribution is 2.31. The second-order valence-electron chi connectivity index (χ2n) is 4.47. The van der Waals surface area contributed by atoms with Gasteiger partial charge >= 0.3 is 0 Å². The van der Waals surface area contributed by atoms with Crippen molar-refractivity contribution in [2.75, 3.05) is 28.2 Å². The van der Waals surface area contributed by atoms with Crippen molar-refractivity contribution in [2.45, 2.75) is 6.92 Å². The molecule has 116 valence electrons. The number of hydrogen-bond acceptors (Lipinski definition) is 6. The van der Waals surface area contributed by atoms with Gasteiger partial charge in [-0.3, -0.25) is 0 Å². The molecule has 5 N–H and O–H groups in total. The largest absolute Gasteiger partial charge is 0.530 e. The molecule has 0 bridgehead atoms. The van der Waals surface area contributed by atoms with E-state index in [-0.39, 0.29) is 23.9 Å². The number of nitrogens with zero attached hydrogens (tertiary/aromatic N) is 2. The Balaban J connectivity index is 2.40. The fourth-order valence-corrected chi connectivity index (χ4v) is 2.00. The van der Waals surface area contributed by atoms with Crippen LogP contribution in [0, 0.1) is 0 Å². The molecule has 1 heterocycles. The molecule has 0 radical (unpaired) electrons. The van der Waals surface area contributed by atoms with Crippen LogP contribution in [-0.4, -0.2) is 17.6 Å². The Morgan fingerprint density at radius 1 is 1.36 bits per heavy atom. The predicted octanol–water partition coefficient (Wildman–Crippen LogP) is 1.81. The minimum Gasteiger partial charge on any atom is -0.530 e. The number of nitrogen functional groups attached to an aromatic ring is 2. The summed E-state index contributed by atoms with van der Waals surface area (Å²) >= 11 is 5.83. The summed E-state index contributed by atoms with van der Waals surface area (Å²) in [6, 6.07) is 8.44. The number of carbonyl (C=O) groups is 1. The van der Waals surface area contributed by atoms with E-state index in [2.05, 4.69) is 10.3 Å². The van der Waals surface area contributed by atoms with Gasteiger partial charge < -0.3 is 31.6 Å². The maximum Gasteiger partial charge on any atom is 0.151 e. The van der Waals surface area contributed by atoms with Crippen LogP contribution in [0.2, 0.25) is 5.02 Å². The zero-order chi connectivity index (χ0) is 16.3. The molecule has 0 unspecified atom stereocenters. The number of rotatable bonds is 4. The van der Waals surface area contributed by atoms with Gasteiger partial charge in [-0.1, -0.05) is 11.6 Å². The molecule has 1 amide bonds. The second-order valence-corrected chi connectivity index (χ2v) is 4.91. The van der Waals surface area contributed by atoms with Gasteiger partial charge in [0.1, 0.15) is 11.9 Å². The predicted molar refractivity (Wildman–Crippen MR) is 86.2 cm³/mol. The molecule has 0 aliphatic heterocycles. The smallest absolute Gasteiger partial charge is 0.151 e. The summed E-state index contributed by atoms with van der Waals surface area (Å²) in [5.41, 5.74) is 13.0. The Morgan fingerprint density at radius 3 is 2.55 bits per heavy atom. The molecular formula is C14H15ClN5O2-. The number of anilines is 5. The maximum absolute atomic E-state index is 11.1. The monoisotopic (exact) mass is 320 g/mol. The Bertz CT molecular complexity index is 690. The highest BCUT2D eigenvalue weighted by Gasteiger charge is 2.13. The Kier molecular flexibility index (Phi) is 4.57. The number of halogens is 1. The number of carboxylic acid groups (broad SMARTS) is 1. The maximum atomic E-state index is 11.1. The van der Waals surface area contributed by atoms with Crippen molar-refractivity contribution in [2.24, 2.45) is 0 Å². The van der Waals surface area contributed by atoms with Gasteiger partial charge in [0.15, 0.2) is 5.82 Å². The van der Waals surface area contributed by atoms with E-state index >= 15 is 0 Å². The normalized spacial score (nSPS) is 10.3. The van der Waals surface area contributed by atoms with Gasteiger partial charge in [0, 0.05) is 23.3 Å². The third-order valence-corrected chi connectivity index (χ3v) is 3.26. The summed E-state index contributed by atoms with van der Waals surface area (Å²) in [6.07, 6.45) is -1.36. The molecule has 0 saturated carbocycles. The van der Waals surface area contributed by atoms with Crippen LogP contribution < -0.4 is 26.8 Å². The van der Waals surface area contributed by atoms with E-state index in [1.54, 1.807) is 31.2 Å². The SMILES string of the molecule is CCN(C(=O)[O-])c1cc(Nc2ccc(Cl)cc2)c(N)c(N)n1. The van der Waals surface area contributed by atoms with Gasteiger partial charge in [-0.25, -0.2) is 4.98 Å². The number of nitrogens with one attached hydrogen (secondary N) is 1. The summed E-state index contributed by atoms with van der Waals surface area (Å²) in [5.74, 6) is 0.180. The average molecular weight is 321 g/mol. The molecule has 2 rings (SSSR count). The van der Waals surface area contributed by atoms with Gasteiger partial charge in [-0.15, -0.1) is 0 Å². The number of nitrogens with two attached hydrogens (primary N) is 2. The van der Waals surface area contributed by atoms with Crippen LogP contribution >= 0.6 is 11.6 Å². The number of pyridine rings is 1. The lowest BCUT2D eigenvalue weighted by Gasteiger charge is -2.24. The van der Waals surface area contributed by atoms with Crippen LogP contribution in [-0.2, 0) is 0 Å². The van der Waals surface area contributed by atoms with Gasteiger partial charge in [-0.2, -0.15) is 0 Å². The Labute approximate surface area is 132 Å². The summed E-state index contributed by atoms with van der Waals surface area (Å²) < 4.78 is 0. The van der Waals surface area contributed by atoms with Gasteiger partial charge in [-0.05, 0) is 31.2 Å². The Hall–Kier alpha value is -2.67. The van der Waals surface area contributed by atoms with E-state index in [9.17, 15) is 9.90 Å². The van der Waals surface area contributed by atoms with Crippen molar-refractivity contribution < 1.29 is 9.90 Å². The topological polar surface area (TPSA) is 120 Å². The molecule has 0 aliphatic rings. The summed E-state index contributed by atoms with van der Waals surface area (Å²) in [6.45, 7) is 1.84. The quantitative estimate of drug-likeness (QED) is 0.790. The van der Waals surface area contributed by atoms with E-state index in [1.807, 2.05) is 0 Å². The second kappa shape index (κ2) is 6.40. The first-order valence-electron chi connectivity index (χ1n) is 6.49. The molecule has 0 spiro atoms. The van der Waals surface area contributed by atoms with Gasteiger partial charge in [0.2, 0.25) is 0 Å². The Morgan fingerprint density at radius 2 is 2.00 bits per heavy atom. The lowest BCUT2D eigenvalue weighted by atomic mass is 10.2. The molecule has 0 saturated heterocycles. The van der Waals surface area contributed by atoms with E-state index in [4.69, 9.17) is 23.1 Å². The highest BCUT2D eigenvalue weighted by molar-refractivity contribution is 6.30. The van der Waals surface area contributed by atoms with Crippen LogP contribution in [0.3, 0.4) is 0 Å². The summed E-state index contributed by atoms with van der Waals surface area (Å²) in [5, 5.41) is 14.8. The minimum absolute atomic E-state index is 0.0358. The van der Waals surface area contributed by atoms with Crippen LogP contribution in [0.5, 0.6) is 0 Å². The number of carbonyl (C=O) groups excluding carboxylic acids is 1. The number of aromatic nitrogens is 1. The van der Waals surface area contributed by atoms with Crippen molar-refractivity contribution >= 4 is 46.4 Å². The van der Waals surface area contributed by atoms with E-state index in [0.717, 1.165) is 10.6 Å². The standard InChI is InChI=1S/C14H16ClN5O2/c1-2-20(14(21)22)11-7-10(12(16)13(17)19-11)18-9-5-3-8(15)4-6-9/h3-7H,2,16H2,1H3,(H,21,22)(H3,17,18,19)/p-1. The average Bonchev–Trinajstić information content (AvgIpc) is 2.47. The van der Waals surface area contributed by atoms with E-state index in [0.29, 0.717) is 10.7 Å². The summed E-state index contributed by atoms with van der Waals surface area (Å²) in [7, 11) is 0. The minimum atomic E-state index is -1.36. The van der Waals surface area contributed by atoms with Crippen molar-refractivity contribution in [1.82, 2.24) is 4.98 Å². The first-order chi connectivity index (χ1) is 10.4. The van der Waals surface area contributed by atoms with Crippen molar-refractivity contribution in [3.63, 3.8) is 0 Å². The van der Waals surface area contributed by atoms with Crippen LogP contribution in [0.25, 0.3) is 0 Å². The molecule has 8 heteroatoms. The zero-order valence-corrected chi connectivity index (χ0v) is 12.6. The highest BCUT2D eigenvalue weighted by atomic mass is 35.5. The number of hydrogen-bond donors (Lipinski definition) is 3. The fraction of sp³-hybridized carbons (Fsp3) is 0.143. The van der Waals surface area contributed by atoms with Crippen LogP contribution in [0.4, 0.5) is 33.5 Å². The first-order valence-corrected chi connectivity index (χ1v) is 6.87. The molecule has 1 aromatic carbocycles. The lowest BCUT2D eigenvalue weighted by Crippen LogP contribution is -2.41. The molecule has 0 atom stereocenters. The van der Waals surface area contributed by atoms with E-state index < -0.39 is 6.09 Å². The van der Waals surface area contributed by atoms with Crippen LogP contribution in [0.1, 0.15) is 6.92 Å². The number of amides is 1. The molecule has 2 aromatic rings. The van der Waals surface area contributed by atoms with Crippen LogP contribution in [0.15, 0.2) is 30.3 Å². The molecular weight excluding hydrogens is 306 g/mol. The zero-order valence-electron chi connectivity index (χ0n) is 11.8. The lowest BCUT2D eigenvalue weighted by molar-refractivity contribution is -0.246. The molecule has 7 nitrogen and oxygen atoms in total. The van der Waals surface area contributed by atoms with Gasteiger partial charge in [0.25, 0.3) is 0 Å². The molecule has 0 aliphatic carbocycles. The van der Waals surface area contributed by atoms with Crippen molar-refractivity contribution in [3.8, 4) is 0 Å². The first kappa shape index (κ1) is 15.7. The third kappa shape index (κ3) is 3.32. The molecule has 1 aromatic heterocycles. The van der Waals surface area contributed by atoms with Crippen molar-refractivity contribution in [3.05, 3.63) is 35.4 Å². The van der Waals surface area contributed by atoms with E-state index in [1.165, 1.54) is 6.07 Å². The van der Waals surface area contributed by atoms with Crippen molar-refractivity contribution in [1.29, 1.82) is 0 Å². The fourth-order valence-electron chi connectivity index (χ4n) is 1.88.